The quantitative estimate of drug-likeness (QED) is 0.531. The molecule has 2 atom stereocenters. The molecule has 2 unspecified atom stereocenters. The molecule has 0 bridgehead atoms. The van der Waals surface area contributed by atoms with E-state index < -0.39 is 12.8 Å². The minimum absolute atomic E-state index is 0.196. The van der Waals surface area contributed by atoms with Crippen LogP contribution in [0.15, 0.2) is 18.3 Å². The molecule has 146 valence electrons. The summed E-state index contributed by atoms with van der Waals surface area (Å²) in [7, 11) is 0. The number of alkyl halides is 3. The number of nitrogens with zero attached hydrogens (tertiary/aromatic N) is 1. The Labute approximate surface area is 149 Å². The van der Waals surface area contributed by atoms with Crippen molar-refractivity contribution in [2.24, 2.45) is 0 Å². The van der Waals surface area contributed by atoms with E-state index in [1.807, 2.05) is 20.8 Å². The average molecular weight is 377 g/mol. The third-order valence-electron chi connectivity index (χ3n) is 3.06. The van der Waals surface area contributed by atoms with Crippen molar-refractivity contribution in [3.8, 4) is 5.88 Å². The Bertz CT molecular complexity index is 602. The van der Waals surface area contributed by atoms with Gasteiger partial charge in [-0.1, -0.05) is 0 Å². The van der Waals surface area contributed by atoms with E-state index in [9.17, 15) is 18.0 Å². The minimum atomic E-state index is -4.44. The lowest BCUT2D eigenvalue weighted by Gasteiger charge is -2.17. The lowest BCUT2D eigenvalue weighted by atomic mass is 10.2. The predicted octanol–water partition coefficient (Wildman–Crippen LogP) is 1.84. The van der Waals surface area contributed by atoms with Crippen molar-refractivity contribution in [3.05, 3.63) is 23.9 Å². The number of nitrogens with one attached hydrogen (secondary N) is 2. The van der Waals surface area contributed by atoms with Crippen LogP contribution < -0.4 is 15.4 Å². The molecule has 1 amide bonds. The number of ether oxygens (including phenoxy) is 3. The van der Waals surface area contributed by atoms with Crippen LogP contribution in [0.3, 0.4) is 0 Å². The number of pyridine rings is 1. The van der Waals surface area contributed by atoms with E-state index in [-0.39, 0.29) is 35.5 Å². The van der Waals surface area contributed by atoms with E-state index in [1.54, 1.807) is 0 Å². The summed E-state index contributed by atoms with van der Waals surface area (Å²) in [6.45, 7) is 5.17. The smallest absolute Gasteiger partial charge is 0.422 e. The SMILES string of the molecule is CC(C)(C)OC1OC1NCCNC(=O)c1ccc(OCC(F)(F)F)nc1. The first-order valence-electron chi connectivity index (χ1n) is 8.04. The molecule has 1 fully saturated rings. The summed E-state index contributed by atoms with van der Waals surface area (Å²) in [5, 5.41) is 5.73. The molecular formula is C16H22F3N3O4. The molecule has 7 nitrogen and oxygen atoms in total. The molecule has 2 N–H and O–H groups in total. The van der Waals surface area contributed by atoms with E-state index in [1.165, 1.54) is 12.1 Å². The van der Waals surface area contributed by atoms with Crippen molar-refractivity contribution in [2.75, 3.05) is 19.7 Å². The first kappa shape index (κ1) is 20.4. The fourth-order valence-electron chi connectivity index (χ4n) is 1.93. The number of halogens is 3. The Morgan fingerprint density at radius 3 is 2.58 bits per heavy atom. The van der Waals surface area contributed by atoms with Crippen LogP contribution in [0.5, 0.6) is 5.88 Å². The van der Waals surface area contributed by atoms with E-state index >= 15 is 0 Å². The summed E-state index contributed by atoms with van der Waals surface area (Å²) in [5.41, 5.74) is -0.0702. The summed E-state index contributed by atoms with van der Waals surface area (Å²) in [6, 6.07) is 2.56. The first-order valence-corrected chi connectivity index (χ1v) is 8.04. The van der Waals surface area contributed by atoms with Gasteiger partial charge in [0.05, 0.1) is 11.2 Å². The van der Waals surface area contributed by atoms with Gasteiger partial charge in [-0.15, -0.1) is 0 Å². The standard InChI is InChI=1S/C16H22F3N3O4/c1-15(2,3)26-14-13(25-14)21-7-6-20-12(23)10-4-5-11(22-8-10)24-9-16(17,18)19/h4-5,8,13-14,21H,6-7,9H2,1-3H3,(H,20,23). The molecule has 1 aliphatic rings. The predicted molar refractivity (Wildman–Crippen MR) is 85.6 cm³/mol. The molecule has 2 heterocycles. The molecule has 1 aliphatic heterocycles. The monoisotopic (exact) mass is 377 g/mol. The maximum Gasteiger partial charge on any atom is 0.422 e. The zero-order valence-electron chi connectivity index (χ0n) is 14.7. The van der Waals surface area contributed by atoms with Crippen LogP contribution >= 0.6 is 0 Å². The molecule has 10 heteroatoms. The van der Waals surface area contributed by atoms with Crippen LogP contribution in [0.25, 0.3) is 0 Å². The van der Waals surface area contributed by atoms with Gasteiger partial charge in [0.15, 0.2) is 19.1 Å². The number of carbonyl (C=O) groups is 1. The highest BCUT2D eigenvalue weighted by Gasteiger charge is 2.42. The van der Waals surface area contributed by atoms with E-state index in [0.717, 1.165) is 6.20 Å². The minimum Gasteiger partial charge on any atom is -0.468 e. The van der Waals surface area contributed by atoms with Gasteiger partial charge in [0.25, 0.3) is 5.91 Å². The molecule has 2 rings (SSSR count). The summed E-state index contributed by atoms with van der Waals surface area (Å²) >= 11 is 0. The van der Waals surface area contributed by atoms with Crippen LogP contribution in [0.4, 0.5) is 13.2 Å². The highest BCUT2D eigenvalue weighted by Crippen LogP contribution is 2.25. The second-order valence-electron chi connectivity index (χ2n) is 6.65. The lowest BCUT2D eigenvalue weighted by molar-refractivity contribution is -0.154. The average Bonchev–Trinajstić information content (AvgIpc) is 3.25. The van der Waals surface area contributed by atoms with Crippen molar-refractivity contribution in [1.29, 1.82) is 0 Å². The van der Waals surface area contributed by atoms with Gasteiger partial charge >= 0.3 is 6.18 Å². The van der Waals surface area contributed by atoms with Crippen molar-refractivity contribution >= 4 is 5.91 Å². The number of carbonyl (C=O) groups excluding carboxylic acids is 1. The third-order valence-corrected chi connectivity index (χ3v) is 3.06. The van der Waals surface area contributed by atoms with Crippen LogP contribution in [0.1, 0.15) is 31.1 Å². The van der Waals surface area contributed by atoms with Gasteiger partial charge in [0, 0.05) is 25.4 Å². The second-order valence-corrected chi connectivity index (χ2v) is 6.65. The second kappa shape index (κ2) is 8.19. The third kappa shape index (κ3) is 7.54. The number of aromatic nitrogens is 1. The van der Waals surface area contributed by atoms with Crippen LogP contribution in [0, 0.1) is 0 Å². The van der Waals surface area contributed by atoms with Gasteiger partial charge in [-0.05, 0) is 26.8 Å². The number of hydrogen-bond acceptors (Lipinski definition) is 6. The van der Waals surface area contributed by atoms with Crippen molar-refractivity contribution in [3.63, 3.8) is 0 Å². The molecule has 0 radical (unpaired) electrons. The van der Waals surface area contributed by atoms with Crippen molar-refractivity contribution in [1.82, 2.24) is 15.6 Å². The maximum atomic E-state index is 12.0. The molecule has 0 saturated carbocycles. The van der Waals surface area contributed by atoms with Gasteiger partial charge in [0.1, 0.15) is 0 Å². The van der Waals surface area contributed by atoms with Crippen LogP contribution in [0.2, 0.25) is 0 Å². The summed E-state index contributed by atoms with van der Waals surface area (Å²) < 4.78 is 51.5. The first-order chi connectivity index (χ1) is 12.0. The van der Waals surface area contributed by atoms with E-state index in [4.69, 9.17) is 9.47 Å². The van der Waals surface area contributed by atoms with Gasteiger partial charge in [-0.25, -0.2) is 4.98 Å². The zero-order chi connectivity index (χ0) is 19.4. The molecule has 26 heavy (non-hydrogen) atoms. The topological polar surface area (TPSA) is 85.0 Å². The highest BCUT2D eigenvalue weighted by atomic mass is 19.4. The van der Waals surface area contributed by atoms with Crippen LogP contribution in [-0.2, 0) is 9.47 Å². The van der Waals surface area contributed by atoms with Gasteiger partial charge < -0.3 is 19.5 Å². The number of rotatable bonds is 8. The lowest BCUT2D eigenvalue weighted by Crippen LogP contribution is -2.34. The maximum absolute atomic E-state index is 12.0. The van der Waals surface area contributed by atoms with Gasteiger partial charge in [0.2, 0.25) is 5.88 Å². The normalized spacial score (nSPS) is 19.9. The molecular weight excluding hydrogens is 355 g/mol. The van der Waals surface area contributed by atoms with Gasteiger partial charge in [-0.2, -0.15) is 13.2 Å². The highest BCUT2D eigenvalue weighted by molar-refractivity contribution is 5.93. The molecule has 0 spiro atoms. The molecule has 0 aliphatic carbocycles. The van der Waals surface area contributed by atoms with Gasteiger partial charge in [-0.3, -0.25) is 10.1 Å². The van der Waals surface area contributed by atoms with Crippen molar-refractivity contribution in [2.45, 2.75) is 45.1 Å². The van der Waals surface area contributed by atoms with E-state index in [0.29, 0.717) is 13.1 Å². The largest absolute Gasteiger partial charge is 0.468 e. The fraction of sp³-hybridized carbons (Fsp3) is 0.625. The Morgan fingerprint density at radius 2 is 2.00 bits per heavy atom. The molecule has 0 aromatic carbocycles. The molecule has 1 aromatic rings. The zero-order valence-corrected chi connectivity index (χ0v) is 14.7. The van der Waals surface area contributed by atoms with Crippen LogP contribution in [-0.4, -0.2) is 54.9 Å². The summed E-state index contributed by atoms with van der Waals surface area (Å²) in [5.74, 6) is -0.586. The number of amides is 1. The number of hydrogen-bond donors (Lipinski definition) is 2. The van der Waals surface area contributed by atoms with Crippen molar-refractivity contribution < 1.29 is 32.2 Å². The number of epoxide rings is 1. The summed E-state index contributed by atoms with van der Waals surface area (Å²) in [6.07, 6.45) is -3.77. The Hall–Kier alpha value is -1.91. The Morgan fingerprint density at radius 1 is 1.27 bits per heavy atom. The Balaban J connectivity index is 1.64. The summed E-state index contributed by atoms with van der Waals surface area (Å²) in [4.78, 5) is 15.6. The molecule has 1 saturated heterocycles. The molecule has 1 aromatic heterocycles. The van der Waals surface area contributed by atoms with E-state index in [2.05, 4.69) is 20.4 Å². The Kier molecular flexibility index (Phi) is 6.43. The fourth-order valence-corrected chi connectivity index (χ4v) is 1.93.